The van der Waals surface area contributed by atoms with Gasteiger partial charge in [0.25, 0.3) is 5.91 Å². The Morgan fingerprint density at radius 3 is 2.67 bits per heavy atom. The average Bonchev–Trinajstić information content (AvgIpc) is 3.62. The van der Waals surface area contributed by atoms with Gasteiger partial charge in [-0.15, -0.1) is 10.2 Å². The maximum Gasteiger partial charge on any atom is 0.273 e. The van der Waals surface area contributed by atoms with Crippen LogP contribution in [0.25, 0.3) is 11.4 Å². The van der Waals surface area contributed by atoms with E-state index in [-0.39, 0.29) is 34.9 Å². The number of aromatic nitrogens is 4. The Morgan fingerprint density at radius 1 is 1.14 bits per heavy atom. The van der Waals surface area contributed by atoms with Crippen molar-refractivity contribution in [3.8, 4) is 17.1 Å². The first-order valence-corrected chi connectivity index (χ1v) is 11.6. The molecule has 3 heterocycles. The van der Waals surface area contributed by atoms with Crippen molar-refractivity contribution in [1.82, 2.24) is 25.5 Å². The van der Waals surface area contributed by atoms with Gasteiger partial charge in [-0.3, -0.25) is 9.59 Å². The van der Waals surface area contributed by atoms with Gasteiger partial charge in [-0.2, -0.15) is 0 Å². The second-order valence-electron chi connectivity index (χ2n) is 8.62. The van der Waals surface area contributed by atoms with E-state index in [1.165, 1.54) is 13.2 Å². The van der Waals surface area contributed by atoms with E-state index in [1.54, 1.807) is 30.6 Å². The fraction of sp³-hybridized carbons (Fsp3) is 0.360. The fourth-order valence-corrected chi connectivity index (χ4v) is 4.01. The Labute approximate surface area is 212 Å². The second kappa shape index (κ2) is 10.2. The highest BCUT2D eigenvalue weighted by Gasteiger charge is 2.30. The predicted octanol–water partition coefficient (Wildman–Crippen LogP) is 2.90. The number of hydrogen-bond donors (Lipinski definition) is 3. The minimum atomic E-state index is -2.74. The molecule has 1 atom stereocenters. The highest BCUT2D eigenvalue weighted by Crippen LogP contribution is 2.37. The van der Waals surface area contributed by atoms with Crippen LogP contribution in [0, 0.1) is 5.92 Å². The number of amides is 2. The molecule has 36 heavy (non-hydrogen) atoms. The van der Waals surface area contributed by atoms with Crippen LogP contribution in [0.4, 0.5) is 17.2 Å². The molecule has 2 aromatic heterocycles. The zero-order valence-corrected chi connectivity index (χ0v) is 19.6. The van der Waals surface area contributed by atoms with Gasteiger partial charge in [-0.05, 0) is 37.0 Å². The molecule has 3 aromatic rings. The van der Waals surface area contributed by atoms with Crippen LogP contribution in [-0.2, 0) is 9.53 Å². The molecule has 3 N–H and O–H groups in total. The third-order valence-electron chi connectivity index (χ3n) is 6.12. The Morgan fingerprint density at radius 2 is 1.97 bits per heavy atom. The molecule has 186 valence electrons. The maximum atomic E-state index is 12.7. The van der Waals surface area contributed by atoms with Gasteiger partial charge in [0.05, 0.1) is 30.7 Å². The summed E-state index contributed by atoms with van der Waals surface area (Å²) in [6.07, 6.45) is 6.07. The molecule has 5 rings (SSSR count). The molecule has 1 saturated heterocycles. The minimum Gasteiger partial charge on any atom is -0.494 e. The van der Waals surface area contributed by atoms with Crippen molar-refractivity contribution in [3.63, 3.8) is 0 Å². The molecule has 1 aliphatic carbocycles. The van der Waals surface area contributed by atoms with Crippen molar-refractivity contribution >= 4 is 29.0 Å². The number of rotatable bonds is 8. The molecule has 2 fully saturated rings. The number of nitrogens with one attached hydrogen (secondary N) is 3. The number of nitrogens with zero attached hydrogens (tertiary/aromatic N) is 4. The molecular formula is C25H27N7O4. The lowest BCUT2D eigenvalue weighted by Gasteiger charge is -2.16. The lowest BCUT2D eigenvalue weighted by Crippen LogP contribution is -2.22. The number of carbonyl (C=O) groups excluding carboxylic acids is 2. The Bertz CT molecular complexity index is 1380. The van der Waals surface area contributed by atoms with E-state index in [0.717, 1.165) is 31.4 Å². The Kier molecular flexibility index (Phi) is 5.72. The molecule has 11 heteroatoms. The number of hydrogen-bond acceptors (Lipinski definition) is 9. The number of ether oxygens (including phenoxy) is 2. The smallest absolute Gasteiger partial charge is 0.273 e. The maximum absolute atomic E-state index is 12.7. The summed E-state index contributed by atoms with van der Waals surface area (Å²) in [5.74, 6) is -0.0341. The Balaban J connectivity index is 1.47. The zero-order chi connectivity index (χ0) is 27.6. The van der Waals surface area contributed by atoms with E-state index < -0.39 is 12.9 Å². The van der Waals surface area contributed by atoms with Gasteiger partial charge in [0.1, 0.15) is 0 Å². The molecule has 0 bridgehead atoms. The Hall–Kier alpha value is -4.12. The quantitative estimate of drug-likeness (QED) is 0.433. The average molecular weight is 493 g/mol. The monoisotopic (exact) mass is 492 g/mol. The lowest BCUT2D eigenvalue weighted by molar-refractivity contribution is -0.117. The number of methoxy groups -OCH3 is 1. The summed E-state index contributed by atoms with van der Waals surface area (Å²) in [4.78, 5) is 34.1. The summed E-state index contributed by atoms with van der Waals surface area (Å²) in [5, 5.41) is 15.5. The van der Waals surface area contributed by atoms with Gasteiger partial charge in [0.15, 0.2) is 23.1 Å². The molecule has 2 amide bonds. The van der Waals surface area contributed by atoms with E-state index in [4.69, 9.17) is 13.6 Å². The second-order valence-corrected chi connectivity index (χ2v) is 8.62. The van der Waals surface area contributed by atoms with E-state index >= 15 is 0 Å². The van der Waals surface area contributed by atoms with Gasteiger partial charge in [0.2, 0.25) is 5.91 Å². The van der Waals surface area contributed by atoms with Gasteiger partial charge >= 0.3 is 0 Å². The first-order chi connectivity index (χ1) is 18.7. The molecule has 1 unspecified atom stereocenters. The molecule has 2 aliphatic rings. The van der Waals surface area contributed by atoms with Crippen LogP contribution in [0.3, 0.4) is 0 Å². The van der Waals surface area contributed by atoms with Crippen molar-refractivity contribution in [2.45, 2.75) is 25.2 Å². The van der Waals surface area contributed by atoms with Crippen LogP contribution in [-0.4, -0.2) is 59.3 Å². The molecule has 0 spiro atoms. The summed E-state index contributed by atoms with van der Waals surface area (Å²) >= 11 is 0. The largest absolute Gasteiger partial charge is 0.494 e. The van der Waals surface area contributed by atoms with Crippen LogP contribution in [0.2, 0.25) is 0 Å². The van der Waals surface area contributed by atoms with Crippen LogP contribution in [0.5, 0.6) is 5.75 Å². The summed E-state index contributed by atoms with van der Waals surface area (Å²) in [5.41, 5.74) is 1.86. The minimum absolute atomic E-state index is 0.0777. The number of para-hydroxylation sites is 1. The molecule has 1 aliphatic heterocycles. The van der Waals surface area contributed by atoms with E-state index in [2.05, 4.69) is 30.8 Å². The molecule has 11 nitrogen and oxygen atoms in total. The van der Waals surface area contributed by atoms with E-state index in [0.29, 0.717) is 29.4 Å². The number of anilines is 3. The molecule has 1 aromatic carbocycles. The van der Waals surface area contributed by atoms with Crippen LogP contribution in [0.1, 0.15) is 45.3 Å². The predicted molar refractivity (Wildman–Crippen MR) is 132 cm³/mol. The standard InChI is InChI=1S/C25H27N7O4/c1-26-25(34)21-19(10-20(31-32-21)30-24(33)14-6-7-14)29-18-5-3-4-17(22(18)35-2)23-27-11-16(12-28-23)15-8-9-36-13-15/h3-5,10-12,14-15H,6-9,13H2,1-2H3,(H,26,34)(H2,29,30,31,33)/i1D3. The third-order valence-corrected chi connectivity index (χ3v) is 6.12. The molecule has 1 saturated carbocycles. The first-order valence-electron chi connectivity index (χ1n) is 13.1. The summed E-state index contributed by atoms with van der Waals surface area (Å²) in [6, 6.07) is 6.69. The number of carbonyl (C=O) groups is 2. The fourth-order valence-electron chi connectivity index (χ4n) is 4.01. The van der Waals surface area contributed by atoms with E-state index in [9.17, 15) is 9.59 Å². The summed E-state index contributed by atoms with van der Waals surface area (Å²) in [6.45, 7) is -1.37. The van der Waals surface area contributed by atoms with Crippen molar-refractivity contribution in [2.75, 3.05) is 37.9 Å². The summed E-state index contributed by atoms with van der Waals surface area (Å²) in [7, 11) is 1.49. The van der Waals surface area contributed by atoms with Gasteiger partial charge in [-0.1, -0.05) is 6.07 Å². The molecule has 0 radical (unpaired) electrons. The number of benzene rings is 1. The topological polar surface area (TPSA) is 140 Å². The summed E-state index contributed by atoms with van der Waals surface area (Å²) < 4.78 is 33.3. The van der Waals surface area contributed by atoms with Gasteiger partial charge in [-0.25, -0.2) is 9.97 Å². The molecular weight excluding hydrogens is 462 g/mol. The van der Waals surface area contributed by atoms with Crippen molar-refractivity contribution < 1.29 is 23.2 Å². The van der Waals surface area contributed by atoms with E-state index in [1.807, 2.05) is 5.32 Å². The zero-order valence-electron chi connectivity index (χ0n) is 22.6. The van der Waals surface area contributed by atoms with Gasteiger partial charge in [0, 0.05) is 48.0 Å². The normalized spacial score (nSPS) is 18.5. The van der Waals surface area contributed by atoms with Crippen molar-refractivity contribution in [3.05, 3.63) is 47.9 Å². The van der Waals surface area contributed by atoms with Gasteiger partial charge < -0.3 is 25.4 Å². The van der Waals surface area contributed by atoms with Crippen LogP contribution < -0.4 is 20.7 Å². The highest BCUT2D eigenvalue weighted by atomic mass is 16.5. The SMILES string of the molecule is [2H]C([2H])([2H])NC(=O)c1nnc(NC(=O)C2CC2)cc1Nc1cccc(-c2ncc(C3CCOC3)cn2)c1OC. The highest BCUT2D eigenvalue weighted by molar-refractivity contribution is 6.00. The first kappa shape index (κ1) is 20.1. The van der Waals surface area contributed by atoms with Crippen LogP contribution >= 0.6 is 0 Å². The van der Waals surface area contributed by atoms with Crippen LogP contribution in [0.15, 0.2) is 36.7 Å². The lowest BCUT2D eigenvalue weighted by atomic mass is 10.0. The van der Waals surface area contributed by atoms with Crippen molar-refractivity contribution in [1.29, 1.82) is 0 Å². The third kappa shape index (κ3) is 4.96. The van der Waals surface area contributed by atoms with Crippen molar-refractivity contribution in [2.24, 2.45) is 5.92 Å².